The van der Waals surface area contributed by atoms with E-state index in [2.05, 4.69) is 53.3 Å². The second kappa shape index (κ2) is 3.02. The van der Waals surface area contributed by atoms with Gasteiger partial charge in [0.2, 0.25) is 0 Å². The van der Waals surface area contributed by atoms with Crippen molar-refractivity contribution in [2.45, 2.75) is 25.7 Å². The molecule has 2 heteroatoms. The van der Waals surface area contributed by atoms with Gasteiger partial charge in [0, 0.05) is 22.1 Å². The van der Waals surface area contributed by atoms with Crippen molar-refractivity contribution in [3.8, 4) is 0 Å². The van der Waals surface area contributed by atoms with Crippen LogP contribution in [0.2, 0.25) is 0 Å². The van der Waals surface area contributed by atoms with Crippen LogP contribution in [0.5, 0.6) is 0 Å². The molecule has 0 amide bonds. The number of halogens is 1. The Hall–Kier alpha value is -0.500. The van der Waals surface area contributed by atoms with Crippen molar-refractivity contribution in [2.24, 2.45) is 0 Å². The van der Waals surface area contributed by atoms with Crippen molar-refractivity contribution < 1.29 is 0 Å². The van der Waals surface area contributed by atoms with Crippen LogP contribution in [-0.2, 0) is 5.41 Å². The van der Waals surface area contributed by atoms with Crippen LogP contribution in [0.1, 0.15) is 25.8 Å². The van der Waals surface area contributed by atoms with E-state index in [0.717, 1.165) is 6.54 Å². The summed E-state index contributed by atoms with van der Waals surface area (Å²) in [5.41, 5.74) is 3.07. The van der Waals surface area contributed by atoms with Crippen LogP contribution in [0.25, 0.3) is 0 Å². The maximum absolute atomic E-state index is 3.52. The first-order valence-electron chi connectivity index (χ1n) is 4.69. The fraction of sp³-hybridized carbons (Fsp3) is 0.455. The van der Waals surface area contributed by atoms with Crippen LogP contribution in [0, 0.1) is 0 Å². The Morgan fingerprint density at radius 2 is 2.31 bits per heavy atom. The number of rotatable bonds is 1. The summed E-state index contributed by atoms with van der Waals surface area (Å²) in [6.45, 7) is 5.63. The summed E-state index contributed by atoms with van der Waals surface area (Å²) >= 11 is 3.52. The molecule has 1 N–H and O–H groups in total. The average Bonchev–Trinajstić information content (AvgIpc) is 2.45. The minimum absolute atomic E-state index is 0.319. The third kappa shape index (κ3) is 1.37. The molecule has 0 fully saturated rings. The normalized spacial score (nSPS) is 25.5. The van der Waals surface area contributed by atoms with Gasteiger partial charge in [0.05, 0.1) is 0 Å². The highest BCUT2D eigenvalue weighted by molar-refractivity contribution is 9.10. The zero-order valence-corrected chi connectivity index (χ0v) is 9.61. The summed E-state index contributed by atoms with van der Waals surface area (Å²) in [6, 6.07) is 6.48. The second-order valence-electron chi connectivity index (χ2n) is 3.96. The van der Waals surface area contributed by atoms with Crippen molar-refractivity contribution in [1.29, 1.82) is 0 Å². The topological polar surface area (TPSA) is 12.0 Å². The maximum Gasteiger partial charge on any atom is 0.0380 e. The highest BCUT2D eigenvalue weighted by Gasteiger charge is 2.32. The van der Waals surface area contributed by atoms with Crippen molar-refractivity contribution in [1.82, 2.24) is 0 Å². The molecular formula is C11H14BrN. The van der Waals surface area contributed by atoms with Gasteiger partial charge in [-0.1, -0.05) is 29.8 Å². The Morgan fingerprint density at radius 3 is 3.00 bits per heavy atom. The predicted molar refractivity (Wildman–Crippen MR) is 60.3 cm³/mol. The first kappa shape index (κ1) is 9.07. The third-order valence-corrected chi connectivity index (χ3v) is 3.57. The smallest absolute Gasteiger partial charge is 0.0380 e. The van der Waals surface area contributed by atoms with Gasteiger partial charge in [-0.2, -0.15) is 0 Å². The highest BCUT2D eigenvalue weighted by atomic mass is 79.9. The minimum Gasteiger partial charge on any atom is -0.384 e. The SMILES string of the molecule is CC[C@]1(C)CNc2ccc(Br)cc21. The molecule has 0 saturated heterocycles. The number of benzene rings is 1. The van der Waals surface area contributed by atoms with E-state index in [0.29, 0.717) is 5.41 Å². The molecule has 0 unspecified atom stereocenters. The number of anilines is 1. The minimum atomic E-state index is 0.319. The lowest BCUT2D eigenvalue weighted by atomic mass is 9.82. The van der Waals surface area contributed by atoms with Crippen LogP contribution in [0.15, 0.2) is 22.7 Å². The van der Waals surface area contributed by atoms with E-state index < -0.39 is 0 Å². The van der Waals surface area contributed by atoms with Crippen LogP contribution >= 0.6 is 15.9 Å². The van der Waals surface area contributed by atoms with Gasteiger partial charge >= 0.3 is 0 Å². The van der Waals surface area contributed by atoms with Crippen molar-refractivity contribution in [3.63, 3.8) is 0 Å². The van der Waals surface area contributed by atoms with Gasteiger partial charge in [-0.3, -0.25) is 0 Å². The van der Waals surface area contributed by atoms with E-state index in [9.17, 15) is 0 Å². The number of fused-ring (bicyclic) bond motifs is 1. The number of hydrogen-bond donors (Lipinski definition) is 1. The molecule has 0 aromatic heterocycles. The van der Waals surface area contributed by atoms with E-state index in [1.54, 1.807) is 0 Å². The van der Waals surface area contributed by atoms with Gasteiger partial charge in [0.15, 0.2) is 0 Å². The lowest BCUT2D eigenvalue weighted by molar-refractivity contribution is 0.504. The zero-order valence-electron chi connectivity index (χ0n) is 8.02. The average molecular weight is 240 g/mol. The van der Waals surface area contributed by atoms with Crippen molar-refractivity contribution >= 4 is 21.6 Å². The summed E-state index contributed by atoms with van der Waals surface area (Å²) in [5.74, 6) is 0. The van der Waals surface area contributed by atoms with Crippen LogP contribution in [0.4, 0.5) is 5.69 Å². The standard InChI is InChI=1S/C11H14BrN/c1-3-11(2)7-13-10-5-4-8(12)6-9(10)11/h4-6,13H,3,7H2,1-2H3/t11-/m1/s1. The monoisotopic (exact) mass is 239 g/mol. The van der Waals surface area contributed by atoms with Gasteiger partial charge < -0.3 is 5.32 Å². The van der Waals surface area contributed by atoms with Crippen molar-refractivity contribution in [2.75, 3.05) is 11.9 Å². The predicted octanol–water partition coefficient (Wildman–Crippen LogP) is 3.54. The number of hydrogen-bond acceptors (Lipinski definition) is 1. The molecule has 0 aliphatic carbocycles. The summed E-state index contributed by atoms with van der Waals surface area (Å²) < 4.78 is 1.18. The van der Waals surface area contributed by atoms with Gasteiger partial charge in [0.25, 0.3) is 0 Å². The van der Waals surface area contributed by atoms with Crippen LogP contribution < -0.4 is 5.32 Å². The Bertz CT molecular complexity index is 335. The molecule has 70 valence electrons. The highest BCUT2D eigenvalue weighted by Crippen LogP contribution is 2.39. The van der Waals surface area contributed by atoms with E-state index >= 15 is 0 Å². The molecule has 0 bridgehead atoms. The molecule has 2 rings (SSSR count). The van der Waals surface area contributed by atoms with Crippen LogP contribution in [0.3, 0.4) is 0 Å². The lowest BCUT2D eigenvalue weighted by Gasteiger charge is -2.21. The molecule has 13 heavy (non-hydrogen) atoms. The first-order chi connectivity index (χ1) is 6.15. The maximum atomic E-state index is 3.52. The molecule has 1 aliphatic heterocycles. The van der Waals surface area contributed by atoms with Crippen LogP contribution in [-0.4, -0.2) is 6.54 Å². The van der Waals surface area contributed by atoms with Gasteiger partial charge in [0.1, 0.15) is 0 Å². The Labute approximate surface area is 87.7 Å². The van der Waals surface area contributed by atoms with E-state index in [1.807, 2.05) is 0 Å². The molecular weight excluding hydrogens is 226 g/mol. The third-order valence-electron chi connectivity index (χ3n) is 3.08. The van der Waals surface area contributed by atoms with E-state index in [1.165, 1.54) is 22.1 Å². The molecule has 0 spiro atoms. The fourth-order valence-corrected chi connectivity index (χ4v) is 2.23. The molecule has 0 radical (unpaired) electrons. The fourth-order valence-electron chi connectivity index (χ4n) is 1.87. The second-order valence-corrected chi connectivity index (χ2v) is 4.87. The molecule has 1 aromatic carbocycles. The largest absolute Gasteiger partial charge is 0.384 e. The summed E-state index contributed by atoms with van der Waals surface area (Å²) in [4.78, 5) is 0. The Balaban J connectivity index is 2.52. The Kier molecular flexibility index (Phi) is 2.11. The summed E-state index contributed by atoms with van der Waals surface area (Å²) in [7, 11) is 0. The summed E-state index contributed by atoms with van der Waals surface area (Å²) in [5, 5.41) is 3.45. The molecule has 0 saturated carbocycles. The van der Waals surface area contributed by atoms with Gasteiger partial charge in [-0.25, -0.2) is 0 Å². The van der Waals surface area contributed by atoms with Gasteiger partial charge in [-0.15, -0.1) is 0 Å². The lowest BCUT2D eigenvalue weighted by Crippen LogP contribution is -2.22. The number of nitrogens with one attached hydrogen (secondary N) is 1. The molecule has 1 heterocycles. The quantitative estimate of drug-likeness (QED) is 0.791. The van der Waals surface area contributed by atoms with Gasteiger partial charge in [-0.05, 0) is 30.2 Å². The van der Waals surface area contributed by atoms with Crippen molar-refractivity contribution in [3.05, 3.63) is 28.2 Å². The molecule has 1 aliphatic rings. The molecule has 1 atom stereocenters. The Morgan fingerprint density at radius 1 is 1.54 bits per heavy atom. The molecule has 1 aromatic rings. The molecule has 1 nitrogen and oxygen atoms in total. The van der Waals surface area contributed by atoms with E-state index in [-0.39, 0.29) is 0 Å². The van der Waals surface area contributed by atoms with E-state index in [4.69, 9.17) is 0 Å². The zero-order chi connectivity index (χ0) is 9.47. The first-order valence-corrected chi connectivity index (χ1v) is 5.49. The summed E-state index contributed by atoms with van der Waals surface area (Å²) in [6.07, 6.45) is 1.18.